The van der Waals surface area contributed by atoms with Gasteiger partial charge in [0.2, 0.25) is 0 Å². The Bertz CT molecular complexity index is 409. The number of carbonyl (C=O) groups excluding carboxylic acids is 1. The summed E-state index contributed by atoms with van der Waals surface area (Å²) < 4.78 is 7.21. The van der Waals surface area contributed by atoms with Crippen molar-refractivity contribution in [2.24, 2.45) is 5.73 Å². The van der Waals surface area contributed by atoms with Gasteiger partial charge in [-0.3, -0.25) is 0 Å². The first-order valence-electron chi connectivity index (χ1n) is 6.57. The van der Waals surface area contributed by atoms with Crippen LogP contribution < -0.4 is 11.1 Å². The molecule has 0 fully saturated rings. The molecule has 1 aromatic heterocycles. The number of rotatable bonds is 5. The van der Waals surface area contributed by atoms with E-state index in [1.165, 1.54) is 0 Å². The molecule has 0 aliphatic carbocycles. The third-order valence-corrected chi connectivity index (χ3v) is 2.57. The maximum absolute atomic E-state index is 11.8. The number of hydrogen-bond acceptors (Lipinski definition) is 4. The first-order valence-corrected chi connectivity index (χ1v) is 6.57. The fraction of sp³-hybridized carbons (Fsp3) is 0.692. The molecule has 19 heavy (non-hydrogen) atoms. The van der Waals surface area contributed by atoms with E-state index in [0.717, 1.165) is 12.1 Å². The van der Waals surface area contributed by atoms with E-state index < -0.39 is 11.7 Å². The highest BCUT2D eigenvalue weighted by atomic mass is 16.6. The van der Waals surface area contributed by atoms with Gasteiger partial charge in [0.05, 0.1) is 24.3 Å². The van der Waals surface area contributed by atoms with Crippen LogP contribution in [0.4, 0.5) is 4.79 Å². The van der Waals surface area contributed by atoms with E-state index in [9.17, 15) is 4.79 Å². The predicted octanol–water partition coefficient (Wildman–Crippen LogP) is 1.82. The molecule has 3 N–H and O–H groups in total. The fourth-order valence-corrected chi connectivity index (χ4v) is 1.78. The Kier molecular flexibility index (Phi) is 5.35. The number of hydrogen-bond donors (Lipinski definition) is 2. The zero-order chi connectivity index (χ0) is 14.5. The van der Waals surface area contributed by atoms with E-state index in [1.807, 2.05) is 32.3 Å². The summed E-state index contributed by atoms with van der Waals surface area (Å²) >= 11 is 0. The van der Waals surface area contributed by atoms with E-state index in [0.29, 0.717) is 13.1 Å². The van der Waals surface area contributed by atoms with Crippen molar-refractivity contribution in [2.45, 2.75) is 52.3 Å². The van der Waals surface area contributed by atoms with Crippen LogP contribution in [0, 0.1) is 0 Å². The normalized spacial score (nSPS) is 13.1. The maximum atomic E-state index is 11.8. The number of amides is 1. The van der Waals surface area contributed by atoms with Crippen molar-refractivity contribution in [3.63, 3.8) is 0 Å². The molecular formula is C13H24N4O2. The van der Waals surface area contributed by atoms with E-state index >= 15 is 0 Å². The summed E-state index contributed by atoms with van der Waals surface area (Å²) in [7, 11) is 0. The van der Waals surface area contributed by atoms with Crippen molar-refractivity contribution in [1.29, 1.82) is 0 Å². The van der Waals surface area contributed by atoms with Crippen LogP contribution in [0.15, 0.2) is 12.5 Å². The molecule has 0 saturated carbocycles. The van der Waals surface area contributed by atoms with Gasteiger partial charge in [0, 0.05) is 13.1 Å². The second-order valence-electron chi connectivity index (χ2n) is 5.41. The van der Waals surface area contributed by atoms with Crippen molar-refractivity contribution in [3.8, 4) is 0 Å². The smallest absolute Gasteiger partial charge is 0.408 e. The van der Waals surface area contributed by atoms with Crippen molar-refractivity contribution in [1.82, 2.24) is 14.9 Å². The van der Waals surface area contributed by atoms with Crippen molar-refractivity contribution >= 4 is 6.09 Å². The Hall–Kier alpha value is -1.56. The lowest BCUT2D eigenvalue weighted by molar-refractivity contribution is 0.0500. The average molecular weight is 268 g/mol. The molecular weight excluding hydrogens is 244 g/mol. The minimum atomic E-state index is -0.500. The minimum absolute atomic E-state index is 0.121. The molecule has 0 bridgehead atoms. The van der Waals surface area contributed by atoms with Crippen molar-refractivity contribution in [2.75, 3.05) is 6.54 Å². The SMILES string of the molecule is CC[C@@H](NC(=O)OC(C)(C)C)c1cncn1CCN. The molecule has 0 aromatic carbocycles. The van der Waals surface area contributed by atoms with Gasteiger partial charge in [-0.2, -0.15) is 0 Å². The van der Waals surface area contributed by atoms with Crippen LogP contribution in [0.3, 0.4) is 0 Å². The van der Waals surface area contributed by atoms with E-state index in [4.69, 9.17) is 10.5 Å². The predicted molar refractivity (Wildman–Crippen MR) is 73.7 cm³/mol. The third-order valence-electron chi connectivity index (χ3n) is 2.57. The number of ether oxygens (including phenoxy) is 1. The highest BCUT2D eigenvalue weighted by molar-refractivity contribution is 5.68. The minimum Gasteiger partial charge on any atom is -0.444 e. The Labute approximate surface area is 114 Å². The Morgan fingerprint density at radius 2 is 2.26 bits per heavy atom. The van der Waals surface area contributed by atoms with Gasteiger partial charge in [0.25, 0.3) is 0 Å². The van der Waals surface area contributed by atoms with Gasteiger partial charge >= 0.3 is 6.09 Å². The number of nitrogens with zero attached hydrogens (tertiary/aromatic N) is 2. The van der Waals surface area contributed by atoms with Gasteiger partial charge in [0.1, 0.15) is 5.60 Å². The number of nitrogens with one attached hydrogen (secondary N) is 1. The molecule has 0 saturated heterocycles. The lowest BCUT2D eigenvalue weighted by atomic mass is 10.1. The average Bonchev–Trinajstić information content (AvgIpc) is 2.72. The second-order valence-corrected chi connectivity index (χ2v) is 5.41. The lowest BCUT2D eigenvalue weighted by Gasteiger charge is -2.23. The first-order chi connectivity index (χ1) is 8.87. The molecule has 0 radical (unpaired) electrons. The van der Waals surface area contributed by atoms with E-state index in [1.54, 1.807) is 12.5 Å². The van der Waals surface area contributed by atoms with E-state index in [-0.39, 0.29) is 6.04 Å². The van der Waals surface area contributed by atoms with Crippen molar-refractivity contribution in [3.05, 3.63) is 18.2 Å². The molecule has 0 aliphatic heterocycles. The van der Waals surface area contributed by atoms with Gasteiger partial charge in [0.15, 0.2) is 0 Å². The highest BCUT2D eigenvalue weighted by Crippen LogP contribution is 2.17. The molecule has 108 valence electrons. The molecule has 1 heterocycles. The summed E-state index contributed by atoms with van der Waals surface area (Å²) in [5.41, 5.74) is 6.00. The summed E-state index contributed by atoms with van der Waals surface area (Å²) in [6.45, 7) is 8.74. The Morgan fingerprint density at radius 3 is 2.79 bits per heavy atom. The van der Waals surface area contributed by atoms with Crippen LogP contribution in [-0.4, -0.2) is 27.8 Å². The molecule has 0 aliphatic rings. The monoisotopic (exact) mass is 268 g/mol. The zero-order valence-corrected chi connectivity index (χ0v) is 12.1. The fourth-order valence-electron chi connectivity index (χ4n) is 1.78. The number of alkyl carbamates (subject to hydrolysis) is 1. The standard InChI is InChI=1S/C13H24N4O2/c1-5-10(16-12(18)19-13(2,3)4)11-8-15-9-17(11)7-6-14/h8-10H,5-7,14H2,1-4H3,(H,16,18)/t10-/m1/s1. The molecule has 1 amide bonds. The summed E-state index contributed by atoms with van der Waals surface area (Å²) in [5.74, 6) is 0. The van der Waals surface area contributed by atoms with E-state index in [2.05, 4.69) is 10.3 Å². The summed E-state index contributed by atoms with van der Waals surface area (Å²) in [4.78, 5) is 15.9. The number of imidazole rings is 1. The molecule has 1 atom stereocenters. The molecule has 1 rings (SSSR count). The third kappa shape index (κ3) is 4.90. The Balaban J connectivity index is 2.72. The maximum Gasteiger partial charge on any atom is 0.408 e. The number of carbonyl (C=O) groups is 1. The van der Waals surface area contributed by atoms with Crippen LogP contribution in [0.25, 0.3) is 0 Å². The van der Waals surface area contributed by atoms with Crippen LogP contribution in [0.2, 0.25) is 0 Å². The topological polar surface area (TPSA) is 82.2 Å². The number of aromatic nitrogens is 2. The number of nitrogens with two attached hydrogens (primary N) is 1. The molecule has 6 nitrogen and oxygen atoms in total. The summed E-state index contributed by atoms with van der Waals surface area (Å²) in [5, 5.41) is 2.86. The van der Waals surface area contributed by atoms with Crippen molar-refractivity contribution < 1.29 is 9.53 Å². The highest BCUT2D eigenvalue weighted by Gasteiger charge is 2.21. The molecule has 1 aromatic rings. The lowest BCUT2D eigenvalue weighted by Crippen LogP contribution is -2.35. The van der Waals surface area contributed by atoms with Crippen LogP contribution in [-0.2, 0) is 11.3 Å². The quantitative estimate of drug-likeness (QED) is 0.853. The van der Waals surface area contributed by atoms with Gasteiger partial charge < -0.3 is 20.4 Å². The first kappa shape index (κ1) is 15.5. The molecule has 0 spiro atoms. The van der Waals surface area contributed by atoms with Gasteiger partial charge in [-0.1, -0.05) is 6.92 Å². The van der Waals surface area contributed by atoms with Crippen LogP contribution in [0.1, 0.15) is 45.9 Å². The molecule has 0 unspecified atom stereocenters. The largest absolute Gasteiger partial charge is 0.444 e. The second kappa shape index (κ2) is 6.56. The van der Waals surface area contributed by atoms with Gasteiger partial charge in [-0.25, -0.2) is 9.78 Å². The van der Waals surface area contributed by atoms with Gasteiger partial charge in [-0.05, 0) is 27.2 Å². The Morgan fingerprint density at radius 1 is 1.58 bits per heavy atom. The summed E-state index contributed by atoms with van der Waals surface area (Å²) in [6, 6.07) is -0.121. The van der Waals surface area contributed by atoms with Gasteiger partial charge in [-0.15, -0.1) is 0 Å². The zero-order valence-electron chi connectivity index (χ0n) is 12.1. The van der Waals surface area contributed by atoms with Crippen LogP contribution >= 0.6 is 0 Å². The summed E-state index contributed by atoms with van der Waals surface area (Å²) in [6.07, 6.45) is 3.82. The molecule has 6 heteroatoms. The van der Waals surface area contributed by atoms with Crippen LogP contribution in [0.5, 0.6) is 0 Å².